The molecule has 0 N–H and O–H groups in total. The highest BCUT2D eigenvalue weighted by Crippen LogP contribution is 2.35. The molecule has 3 aromatic carbocycles. The number of halogens is 3. The second-order valence-electron chi connectivity index (χ2n) is 8.33. The monoisotopic (exact) mass is 690 g/mol. The molecular formula is C26H21Br3N4O4. The summed E-state index contributed by atoms with van der Waals surface area (Å²) >= 11 is 10.5. The first-order valence-electron chi connectivity index (χ1n) is 11.3. The van der Waals surface area contributed by atoms with E-state index in [4.69, 9.17) is 9.72 Å². The maximum Gasteiger partial charge on any atom is 0.282 e. The predicted molar refractivity (Wildman–Crippen MR) is 155 cm³/mol. The van der Waals surface area contributed by atoms with Crippen LogP contribution in [0.2, 0.25) is 0 Å². The summed E-state index contributed by atoms with van der Waals surface area (Å²) in [5, 5.41) is 16.0. The van der Waals surface area contributed by atoms with E-state index in [1.54, 1.807) is 24.4 Å². The zero-order valence-corrected chi connectivity index (χ0v) is 24.6. The van der Waals surface area contributed by atoms with Gasteiger partial charge in [-0.1, -0.05) is 41.9 Å². The predicted octanol–water partition coefficient (Wildman–Crippen LogP) is 7.57. The summed E-state index contributed by atoms with van der Waals surface area (Å²) in [6.07, 6.45) is 2.40. The second-order valence-corrected chi connectivity index (χ2v) is 11.0. The molecule has 37 heavy (non-hydrogen) atoms. The maximum atomic E-state index is 13.3. The highest BCUT2D eigenvalue weighted by atomic mass is 79.9. The fourth-order valence-corrected chi connectivity index (χ4v) is 5.42. The summed E-state index contributed by atoms with van der Waals surface area (Å²) in [6.45, 7) is 4.20. The van der Waals surface area contributed by atoms with Crippen LogP contribution in [0.3, 0.4) is 0 Å². The van der Waals surface area contributed by atoms with Crippen molar-refractivity contribution in [2.45, 2.75) is 32.8 Å². The van der Waals surface area contributed by atoms with Crippen LogP contribution in [0.4, 0.5) is 5.69 Å². The summed E-state index contributed by atoms with van der Waals surface area (Å²) < 4.78 is 9.38. The van der Waals surface area contributed by atoms with Crippen molar-refractivity contribution in [3.63, 3.8) is 0 Å². The Balaban J connectivity index is 1.64. The van der Waals surface area contributed by atoms with E-state index in [0.29, 0.717) is 37.0 Å². The third-order valence-electron chi connectivity index (χ3n) is 5.73. The van der Waals surface area contributed by atoms with Gasteiger partial charge in [-0.15, -0.1) is 0 Å². The van der Waals surface area contributed by atoms with Crippen LogP contribution in [-0.2, 0) is 6.61 Å². The largest absolute Gasteiger partial charge is 0.487 e. The van der Waals surface area contributed by atoms with E-state index >= 15 is 0 Å². The lowest BCUT2D eigenvalue weighted by Crippen LogP contribution is -2.23. The Morgan fingerprint density at radius 1 is 1.14 bits per heavy atom. The third kappa shape index (κ3) is 6.16. The number of rotatable bonds is 8. The molecule has 0 fully saturated rings. The molecule has 1 aromatic heterocycles. The topological polar surface area (TPSA) is 99.6 Å². The number of nitro benzene ring substituents is 1. The van der Waals surface area contributed by atoms with Crippen molar-refractivity contribution in [1.82, 2.24) is 9.66 Å². The van der Waals surface area contributed by atoms with E-state index in [1.165, 1.54) is 16.8 Å². The summed E-state index contributed by atoms with van der Waals surface area (Å²) in [7, 11) is 0. The Bertz CT molecular complexity index is 1560. The molecule has 0 amide bonds. The van der Waals surface area contributed by atoms with E-state index in [1.807, 2.05) is 38.1 Å². The van der Waals surface area contributed by atoms with Crippen LogP contribution in [0.25, 0.3) is 10.9 Å². The number of non-ortho nitro benzene ring substituents is 1. The molecule has 0 saturated carbocycles. The molecule has 0 saturated heterocycles. The number of nitrogens with zero attached hydrogens (tertiary/aromatic N) is 4. The van der Waals surface area contributed by atoms with Gasteiger partial charge in [-0.3, -0.25) is 14.9 Å². The van der Waals surface area contributed by atoms with Crippen molar-refractivity contribution in [2.24, 2.45) is 5.10 Å². The first kappa shape index (κ1) is 27.2. The molecule has 0 aliphatic rings. The normalized spacial score (nSPS) is 12.2. The highest BCUT2D eigenvalue weighted by molar-refractivity contribution is 9.11. The molecule has 0 spiro atoms. The Morgan fingerprint density at radius 2 is 1.86 bits per heavy atom. The standard InChI is InChI=1S/C26H21Br3N4O4/c1-3-15(2)25-31-23-8-7-18(27)12-20(23)26(34)32(25)30-13-17-10-21(28)24(22(29)11-17)37-14-16-5-4-6-19(9-16)33(35)36/h4-13,15H,3,14H2,1-2H3/t15-/m1/s1. The molecule has 11 heteroatoms. The molecule has 0 aliphatic heterocycles. The van der Waals surface area contributed by atoms with Crippen LogP contribution >= 0.6 is 47.8 Å². The quantitative estimate of drug-likeness (QED) is 0.108. The Kier molecular flexibility index (Phi) is 8.56. The van der Waals surface area contributed by atoms with Crippen LogP contribution in [0, 0.1) is 10.1 Å². The molecule has 4 aromatic rings. The van der Waals surface area contributed by atoms with Crippen molar-refractivity contribution in [2.75, 3.05) is 0 Å². The van der Waals surface area contributed by atoms with Gasteiger partial charge in [-0.2, -0.15) is 9.78 Å². The van der Waals surface area contributed by atoms with Gasteiger partial charge in [0.15, 0.2) is 0 Å². The first-order valence-corrected chi connectivity index (χ1v) is 13.7. The zero-order chi connectivity index (χ0) is 26.7. The van der Waals surface area contributed by atoms with Crippen LogP contribution < -0.4 is 10.3 Å². The molecule has 1 atom stereocenters. The zero-order valence-electron chi connectivity index (χ0n) is 19.8. The van der Waals surface area contributed by atoms with Crippen LogP contribution in [0.5, 0.6) is 5.75 Å². The number of fused-ring (bicyclic) bond motifs is 1. The summed E-state index contributed by atoms with van der Waals surface area (Å²) in [5.74, 6) is 1.16. The molecule has 0 aliphatic carbocycles. The molecule has 8 nitrogen and oxygen atoms in total. The number of nitro groups is 1. The minimum Gasteiger partial charge on any atom is -0.487 e. The van der Waals surface area contributed by atoms with Gasteiger partial charge in [0.2, 0.25) is 0 Å². The second kappa shape index (κ2) is 11.7. The van der Waals surface area contributed by atoms with Crippen molar-refractivity contribution in [3.05, 3.63) is 105 Å². The van der Waals surface area contributed by atoms with Gasteiger partial charge >= 0.3 is 0 Å². The fourth-order valence-electron chi connectivity index (χ4n) is 3.61. The number of hydrogen-bond donors (Lipinski definition) is 0. The van der Waals surface area contributed by atoms with E-state index in [-0.39, 0.29) is 23.8 Å². The Labute approximate surface area is 237 Å². The van der Waals surface area contributed by atoms with Crippen molar-refractivity contribution in [3.8, 4) is 5.75 Å². The third-order valence-corrected chi connectivity index (χ3v) is 7.41. The molecule has 190 valence electrons. The van der Waals surface area contributed by atoms with Crippen molar-refractivity contribution in [1.29, 1.82) is 0 Å². The molecule has 0 unspecified atom stereocenters. The van der Waals surface area contributed by atoms with E-state index < -0.39 is 4.92 Å². The van der Waals surface area contributed by atoms with E-state index in [2.05, 4.69) is 52.9 Å². The lowest BCUT2D eigenvalue weighted by molar-refractivity contribution is -0.384. The fraction of sp³-hybridized carbons (Fsp3) is 0.192. The number of benzene rings is 3. The van der Waals surface area contributed by atoms with Gasteiger partial charge in [-0.05, 0) is 79.7 Å². The van der Waals surface area contributed by atoms with Crippen molar-refractivity contribution < 1.29 is 9.66 Å². The maximum absolute atomic E-state index is 13.3. The minimum atomic E-state index is -0.439. The first-order chi connectivity index (χ1) is 17.7. The minimum absolute atomic E-state index is 0.00771. The van der Waals surface area contributed by atoms with Crippen LogP contribution in [-0.4, -0.2) is 20.8 Å². The molecular weight excluding hydrogens is 672 g/mol. The smallest absolute Gasteiger partial charge is 0.282 e. The van der Waals surface area contributed by atoms with E-state index in [0.717, 1.165) is 16.5 Å². The van der Waals surface area contributed by atoms with Gasteiger partial charge < -0.3 is 4.74 Å². The van der Waals surface area contributed by atoms with Gasteiger partial charge in [0.05, 0.1) is 31.0 Å². The Hall–Kier alpha value is -2.89. The summed E-state index contributed by atoms with van der Waals surface area (Å²) in [6, 6.07) is 15.4. The lowest BCUT2D eigenvalue weighted by Gasteiger charge is -2.14. The highest BCUT2D eigenvalue weighted by Gasteiger charge is 2.16. The summed E-state index contributed by atoms with van der Waals surface area (Å²) in [4.78, 5) is 28.6. The molecule has 0 radical (unpaired) electrons. The summed E-state index contributed by atoms with van der Waals surface area (Å²) in [5.41, 5.74) is 1.79. The van der Waals surface area contributed by atoms with Gasteiger partial charge in [-0.25, -0.2) is 4.98 Å². The van der Waals surface area contributed by atoms with E-state index in [9.17, 15) is 14.9 Å². The Morgan fingerprint density at radius 3 is 2.54 bits per heavy atom. The van der Waals surface area contributed by atoms with Crippen LogP contribution in [0.15, 0.2) is 77.9 Å². The number of ether oxygens (including phenoxy) is 1. The average molecular weight is 693 g/mol. The van der Waals surface area contributed by atoms with Gasteiger partial charge in [0.1, 0.15) is 18.2 Å². The molecule has 0 bridgehead atoms. The van der Waals surface area contributed by atoms with Gasteiger partial charge in [0.25, 0.3) is 11.2 Å². The SMILES string of the molecule is CC[C@@H](C)c1nc2ccc(Br)cc2c(=O)n1N=Cc1cc(Br)c(OCc2cccc([N+](=O)[O-])c2)c(Br)c1. The van der Waals surface area contributed by atoms with Crippen LogP contribution in [0.1, 0.15) is 43.1 Å². The number of aromatic nitrogens is 2. The molecule has 1 heterocycles. The lowest BCUT2D eigenvalue weighted by atomic mass is 10.1. The molecule has 4 rings (SSSR count). The van der Waals surface area contributed by atoms with Gasteiger partial charge in [0, 0.05) is 22.5 Å². The average Bonchev–Trinajstić information content (AvgIpc) is 2.87. The number of hydrogen-bond acceptors (Lipinski definition) is 6. The van der Waals surface area contributed by atoms with Crippen molar-refractivity contribution >= 4 is 70.6 Å².